The third-order valence-corrected chi connectivity index (χ3v) is 3.09. The molecule has 4 nitrogen and oxygen atoms in total. The second-order valence-electron chi connectivity index (χ2n) is 4.38. The summed E-state index contributed by atoms with van der Waals surface area (Å²) >= 11 is 0. The average Bonchev–Trinajstić information content (AvgIpc) is 2.53. The first kappa shape index (κ1) is 14.1. The Kier molecular flexibility index (Phi) is 4.71. The third-order valence-electron chi connectivity index (χ3n) is 3.09. The van der Waals surface area contributed by atoms with Crippen molar-refractivity contribution in [2.45, 2.75) is 13.5 Å². The van der Waals surface area contributed by atoms with Gasteiger partial charge in [0.15, 0.2) is 0 Å². The molecule has 0 fully saturated rings. The first-order chi connectivity index (χ1) is 9.74. The van der Waals surface area contributed by atoms with Gasteiger partial charge < -0.3 is 9.64 Å². The molecule has 2 rings (SSSR count). The van der Waals surface area contributed by atoms with E-state index >= 15 is 0 Å². The van der Waals surface area contributed by atoms with Crippen LogP contribution in [0, 0.1) is 0 Å². The maximum absolute atomic E-state index is 12.3. The van der Waals surface area contributed by atoms with Crippen molar-refractivity contribution in [1.29, 1.82) is 0 Å². The van der Waals surface area contributed by atoms with Crippen molar-refractivity contribution in [2.75, 3.05) is 13.7 Å². The summed E-state index contributed by atoms with van der Waals surface area (Å²) in [7, 11) is 1.64. The fourth-order valence-corrected chi connectivity index (χ4v) is 1.93. The van der Waals surface area contributed by atoms with E-state index in [2.05, 4.69) is 4.98 Å². The smallest absolute Gasteiger partial charge is 0.272 e. The Labute approximate surface area is 119 Å². The van der Waals surface area contributed by atoms with Crippen LogP contribution >= 0.6 is 0 Å². The van der Waals surface area contributed by atoms with Gasteiger partial charge >= 0.3 is 0 Å². The summed E-state index contributed by atoms with van der Waals surface area (Å²) in [5.41, 5.74) is 1.54. The highest BCUT2D eigenvalue weighted by atomic mass is 16.5. The second kappa shape index (κ2) is 6.70. The lowest BCUT2D eigenvalue weighted by Crippen LogP contribution is -2.30. The van der Waals surface area contributed by atoms with E-state index in [4.69, 9.17) is 4.74 Å². The normalized spacial score (nSPS) is 10.1. The zero-order valence-electron chi connectivity index (χ0n) is 11.7. The lowest BCUT2D eigenvalue weighted by Gasteiger charge is -2.20. The molecule has 0 atom stereocenters. The number of rotatable bonds is 5. The van der Waals surface area contributed by atoms with Gasteiger partial charge in [0.2, 0.25) is 0 Å². The Morgan fingerprint density at radius 2 is 1.95 bits per heavy atom. The number of methoxy groups -OCH3 is 1. The van der Waals surface area contributed by atoms with E-state index in [-0.39, 0.29) is 5.91 Å². The Bertz CT molecular complexity index is 552. The minimum Gasteiger partial charge on any atom is -0.497 e. The number of pyridine rings is 1. The molecule has 2 aromatic rings. The highest BCUT2D eigenvalue weighted by Crippen LogP contribution is 2.14. The molecule has 0 unspecified atom stereocenters. The van der Waals surface area contributed by atoms with Gasteiger partial charge in [-0.3, -0.25) is 9.78 Å². The summed E-state index contributed by atoms with van der Waals surface area (Å²) in [5, 5.41) is 0. The number of hydrogen-bond acceptors (Lipinski definition) is 3. The second-order valence-corrected chi connectivity index (χ2v) is 4.38. The van der Waals surface area contributed by atoms with E-state index in [1.165, 1.54) is 0 Å². The van der Waals surface area contributed by atoms with Gasteiger partial charge in [0.1, 0.15) is 11.4 Å². The van der Waals surface area contributed by atoms with Gasteiger partial charge in [-0.15, -0.1) is 0 Å². The summed E-state index contributed by atoms with van der Waals surface area (Å²) in [6.07, 6.45) is 1.63. The topological polar surface area (TPSA) is 42.4 Å². The molecule has 0 spiro atoms. The summed E-state index contributed by atoms with van der Waals surface area (Å²) < 4.78 is 5.13. The molecule has 0 aliphatic heterocycles. The molecule has 104 valence electrons. The Morgan fingerprint density at radius 3 is 2.50 bits per heavy atom. The fourth-order valence-electron chi connectivity index (χ4n) is 1.93. The Morgan fingerprint density at radius 1 is 1.20 bits per heavy atom. The predicted molar refractivity (Wildman–Crippen MR) is 77.6 cm³/mol. The SMILES string of the molecule is CCN(Cc1ccc(OC)cc1)C(=O)c1ccccn1. The van der Waals surface area contributed by atoms with E-state index < -0.39 is 0 Å². The van der Waals surface area contributed by atoms with Crippen molar-refractivity contribution in [3.63, 3.8) is 0 Å². The number of hydrogen-bond donors (Lipinski definition) is 0. The monoisotopic (exact) mass is 270 g/mol. The van der Waals surface area contributed by atoms with Crippen molar-refractivity contribution in [3.05, 3.63) is 59.9 Å². The van der Waals surface area contributed by atoms with Crippen molar-refractivity contribution < 1.29 is 9.53 Å². The molecule has 1 heterocycles. The van der Waals surface area contributed by atoms with Crippen LogP contribution < -0.4 is 4.74 Å². The molecule has 0 aliphatic rings. The average molecular weight is 270 g/mol. The molecule has 1 aromatic carbocycles. The van der Waals surface area contributed by atoms with E-state index in [0.717, 1.165) is 11.3 Å². The van der Waals surface area contributed by atoms with E-state index in [1.54, 1.807) is 30.3 Å². The Balaban J connectivity index is 2.10. The number of ether oxygens (including phenoxy) is 1. The molecule has 4 heteroatoms. The molecule has 0 saturated heterocycles. The van der Waals surface area contributed by atoms with Gasteiger partial charge in [-0.05, 0) is 36.8 Å². The zero-order valence-corrected chi connectivity index (χ0v) is 11.7. The van der Waals surface area contributed by atoms with Gasteiger partial charge in [0, 0.05) is 19.3 Å². The lowest BCUT2D eigenvalue weighted by atomic mass is 10.2. The summed E-state index contributed by atoms with van der Waals surface area (Å²) in [6, 6.07) is 13.1. The van der Waals surface area contributed by atoms with Gasteiger partial charge in [-0.25, -0.2) is 0 Å². The van der Waals surface area contributed by atoms with Gasteiger partial charge in [0.05, 0.1) is 7.11 Å². The van der Waals surface area contributed by atoms with Crippen molar-refractivity contribution >= 4 is 5.91 Å². The number of benzene rings is 1. The van der Waals surface area contributed by atoms with Gasteiger partial charge in [-0.1, -0.05) is 18.2 Å². The molecule has 20 heavy (non-hydrogen) atoms. The Hall–Kier alpha value is -2.36. The van der Waals surface area contributed by atoms with Crippen LogP contribution in [0.5, 0.6) is 5.75 Å². The minimum absolute atomic E-state index is 0.0519. The summed E-state index contributed by atoms with van der Waals surface area (Å²) in [4.78, 5) is 18.2. The van der Waals surface area contributed by atoms with Crippen LogP contribution in [0.2, 0.25) is 0 Å². The zero-order chi connectivity index (χ0) is 14.4. The van der Waals surface area contributed by atoms with Crippen LogP contribution in [0.25, 0.3) is 0 Å². The molecule has 0 bridgehead atoms. The lowest BCUT2D eigenvalue weighted by molar-refractivity contribution is 0.0746. The van der Waals surface area contributed by atoms with Crippen molar-refractivity contribution in [2.24, 2.45) is 0 Å². The van der Waals surface area contributed by atoms with Crippen LogP contribution in [-0.2, 0) is 6.54 Å². The van der Waals surface area contributed by atoms with Crippen LogP contribution in [0.3, 0.4) is 0 Å². The maximum atomic E-state index is 12.3. The highest BCUT2D eigenvalue weighted by molar-refractivity contribution is 5.92. The molecular formula is C16H18N2O2. The fraction of sp³-hybridized carbons (Fsp3) is 0.250. The minimum atomic E-state index is -0.0519. The van der Waals surface area contributed by atoms with Crippen LogP contribution in [-0.4, -0.2) is 29.4 Å². The molecule has 1 aromatic heterocycles. The van der Waals surface area contributed by atoms with Crippen LogP contribution in [0.15, 0.2) is 48.7 Å². The van der Waals surface area contributed by atoms with E-state index in [0.29, 0.717) is 18.8 Å². The highest BCUT2D eigenvalue weighted by Gasteiger charge is 2.15. The van der Waals surface area contributed by atoms with Crippen molar-refractivity contribution in [3.8, 4) is 5.75 Å². The molecule has 0 saturated carbocycles. The number of aromatic nitrogens is 1. The number of nitrogens with zero attached hydrogens (tertiary/aromatic N) is 2. The van der Waals surface area contributed by atoms with Gasteiger partial charge in [-0.2, -0.15) is 0 Å². The molecule has 0 radical (unpaired) electrons. The summed E-state index contributed by atoms with van der Waals surface area (Å²) in [5.74, 6) is 0.761. The molecule has 0 aliphatic carbocycles. The molecule has 0 N–H and O–H groups in total. The number of amides is 1. The van der Waals surface area contributed by atoms with Crippen LogP contribution in [0.4, 0.5) is 0 Å². The van der Waals surface area contributed by atoms with Gasteiger partial charge in [0.25, 0.3) is 5.91 Å². The summed E-state index contributed by atoms with van der Waals surface area (Å²) in [6.45, 7) is 3.17. The molecular weight excluding hydrogens is 252 g/mol. The third kappa shape index (κ3) is 3.35. The maximum Gasteiger partial charge on any atom is 0.272 e. The van der Waals surface area contributed by atoms with E-state index in [9.17, 15) is 4.79 Å². The quantitative estimate of drug-likeness (QED) is 0.839. The standard InChI is InChI=1S/C16H18N2O2/c1-3-18(16(19)15-6-4-5-11-17-15)12-13-7-9-14(20-2)10-8-13/h4-11H,3,12H2,1-2H3. The van der Waals surface area contributed by atoms with Crippen LogP contribution in [0.1, 0.15) is 23.0 Å². The number of carbonyl (C=O) groups excluding carboxylic acids is 1. The van der Waals surface area contributed by atoms with E-state index in [1.807, 2.05) is 37.3 Å². The largest absolute Gasteiger partial charge is 0.497 e. The first-order valence-electron chi connectivity index (χ1n) is 6.58. The first-order valence-corrected chi connectivity index (χ1v) is 6.58. The molecule has 1 amide bonds. The predicted octanol–water partition coefficient (Wildman–Crippen LogP) is 2.75. The van der Waals surface area contributed by atoms with Crippen molar-refractivity contribution in [1.82, 2.24) is 9.88 Å². The number of carbonyl (C=O) groups is 1.